The van der Waals surface area contributed by atoms with E-state index in [1.165, 1.54) is 17.0 Å². The maximum Gasteiger partial charge on any atom is 0.228 e. The van der Waals surface area contributed by atoms with Gasteiger partial charge in [-0.1, -0.05) is 24.4 Å². The van der Waals surface area contributed by atoms with Crippen molar-refractivity contribution in [3.63, 3.8) is 0 Å². The molecule has 0 radical (unpaired) electrons. The number of halogens is 2. The second-order valence-corrected chi connectivity index (χ2v) is 9.34. The fourth-order valence-corrected chi connectivity index (χ4v) is 5.79. The lowest BCUT2D eigenvalue weighted by molar-refractivity contribution is -0.118. The van der Waals surface area contributed by atoms with Crippen molar-refractivity contribution in [2.45, 2.75) is 50.2 Å². The Morgan fingerprint density at radius 2 is 1.96 bits per heavy atom. The number of hydrogen-bond donors (Lipinski definition) is 0. The lowest BCUT2D eigenvalue weighted by atomic mass is 10.0. The van der Waals surface area contributed by atoms with E-state index in [0.29, 0.717) is 48.5 Å². The van der Waals surface area contributed by atoms with Crippen LogP contribution in [0.2, 0.25) is 5.02 Å². The molecule has 0 unspecified atom stereocenters. The Morgan fingerprint density at radius 3 is 2.67 bits per heavy atom. The van der Waals surface area contributed by atoms with Crippen LogP contribution in [-0.2, 0) is 21.1 Å². The van der Waals surface area contributed by atoms with Crippen molar-refractivity contribution >= 4 is 33.0 Å². The minimum atomic E-state index is -3.24. The molecule has 7 heteroatoms. The van der Waals surface area contributed by atoms with Gasteiger partial charge in [0.2, 0.25) is 5.91 Å². The first-order chi connectivity index (χ1) is 11.4. The fourth-order valence-electron chi connectivity index (χ4n) is 3.67. The van der Waals surface area contributed by atoms with Gasteiger partial charge in [0, 0.05) is 18.5 Å². The minimum Gasteiger partial charge on any atom is -0.311 e. The molecule has 2 aliphatic rings. The van der Waals surface area contributed by atoms with E-state index >= 15 is 0 Å². The number of hydrogen-bond acceptors (Lipinski definition) is 3. The number of nitrogens with zero attached hydrogens (tertiary/aromatic N) is 1. The van der Waals surface area contributed by atoms with Gasteiger partial charge >= 0.3 is 0 Å². The van der Waals surface area contributed by atoms with E-state index in [9.17, 15) is 17.6 Å². The molecule has 1 heterocycles. The minimum absolute atomic E-state index is 0.0783. The molecule has 1 aliphatic carbocycles. The zero-order valence-electron chi connectivity index (χ0n) is 13.4. The Balaban J connectivity index is 1.74. The lowest BCUT2D eigenvalue weighted by Gasteiger charge is -2.30. The normalized spacial score (nSPS) is 18.7. The predicted molar refractivity (Wildman–Crippen MR) is 92.7 cm³/mol. The lowest BCUT2D eigenvalue weighted by Crippen LogP contribution is -2.37. The zero-order chi connectivity index (χ0) is 17.3. The highest BCUT2D eigenvalue weighted by Gasteiger charge is 2.31. The molecule has 1 aromatic carbocycles. The molecule has 24 heavy (non-hydrogen) atoms. The van der Waals surface area contributed by atoms with Crippen molar-refractivity contribution in [2.24, 2.45) is 0 Å². The third-order valence-electron chi connectivity index (χ3n) is 4.97. The van der Waals surface area contributed by atoms with Crippen LogP contribution in [0.5, 0.6) is 0 Å². The van der Waals surface area contributed by atoms with Gasteiger partial charge in [0.05, 0.1) is 21.7 Å². The summed E-state index contributed by atoms with van der Waals surface area (Å²) in [6.45, 7) is 0.443. The number of benzene rings is 1. The molecule has 132 valence electrons. The van der Waals surface area contributed by atoms with Gasteiger partial charge in [-0.15, -0.1) is 0 Å². The van der Waals surface area contributed by atoms with Crippen LogP contribution in [0.4, 0.5) is 10.1 Å². The first-order valence-corrected chi connectivity index (χ1v) is 10.5. The van der Waals surface area contributed by atoms with Crippen LogP contribution >= 0.6 is 11.6 Å². The average Bonchev–Trinajstić information content (AvgIpc) is 3.11. The van der Waals surface area contributed by atoms with Crippen LogP contribution in [0.3, 0.4) is 0 Å². The molecule has 0 aromatic heterocycles. The quantitative estimate of drug-likeness (QED) is 0.811. The van der Waals surface area contributed by atoms with E-state index in [0.717, 1.165) is 12.8 Å². The highest BCUT2D eigenvalue weighted by atomic mass is 35.5. The summed E-state index contributed by atoms with van der Waals surface area (Å²) < 4.78 is 38.6. The second-order valence-electron chi connectivity index (χ2n) is 6.53. The first-order valence-electron chi connectivity index (χ1n) is 8.39. The van der Waals surface area contributed by atoms with Crippen molar-refractivity contribution < 1.29 is 17.6 Å². The van der Waals surface area contributed by atoms with Crippen LogP contribution in [0.1, 0.15) is 44.1 Å². The highest BCUT2D eigenvalue weighted by molar-refractivity contribution is 7.92. The summed E-state index contributed by atoms with van der Waals surface area (Å²) in [6, 6.07) is 2.75. The maximum absolute atomic E-state index is 14.0. The Morgan fingerprint density at radius 1 is 1.25 bits per heavy atom. The van der Waals surface area contributed by atoms with Crippen molar-refractivity contribution in [3.8, 4) is 0 Å². The Labute approximate surface area is 146 Å². The van der Waals surface area contributed by atoms with Crippen molar-refractivity contribution in [1.29, 1.82) is 0 Å². The molecule has 0 spiro atoms. The molecule has 1 aromatic rings. The van der Waals surface area contributed by atoms with Crippen LogP contribution in [-0.4, -0.2) is 31.9 Å². The standard InChI is InChI=1S/C17H21ClFNO3S/c18-14-7-8-15(19)13-6-3-10-20(17(13)14)16(21)9-11-24(22,23)12-4-1-2-5-12/h7-8,12H,1-6,9-11H2. The van der Waals surface area contributed by atoms with Crippen molar-refractivity contribution in [2.75, 3.05) is 17.2 Å². The van der Waals surface area contributed by atoms with Gasteiger partial charge in [-0.2, -0.15) is 0 Å². The van der Waals surface area contributed by atoms with Gasteiger partial charge in [-0.05, 0) is 37.8 Å². The molecule has 1 saturated carbocycles. The molecule has 0 atom stereocenters. The summed E-state index contributed by atoms with van der Waals surface area (Å²) >= 11 is 6.17. The van der Waals surface area contributed by atoms with E-state index < -0.39 is 9.84 Å². The molecule has 3 rings (SSSR count). The number of amides is 1. The van der Waals surface area contributed by atoms with Gasteiger partial charge in [0.1, 0.15) is 5.82 Å². The first kappa shape index (κ1) is 17.7. The average molecular weight is 374 g/mol. The van der Waals surface area contributed by atoms with Crippen molar-refractivity contribution in [3.05, 3.63) is 28.5 Å². The van der Waals surface area contributed by atoms with Crippen LogP contribution in [0, 0.1) is 5.82 Å². The van der Waals surface area contributed by atoms with Crippen LogP contribution in [0.25, 0.3) is 0 Å². The van der Waals surface area contributed by atoms with Gasteiger partial charge in [-0.25, -0.2) is 12.8 Å². The number of anilines is 1. The topological polar surface area (TPSA) is 54.5 Å². The number of carbonyl (C=O) groups excluding carboxylic acids is 1. The summed E-state index contributed by atoms with van der Waals surface area (Å²) in [5.41, 5.74) is 0.854. The summed E-state index contributed by atoms with van der Waals surface area (Å²) in [4.78, 5) is 14.0. The Bertz CT molecular complexity index is 744. The maximum atomic E-state index is 14.0. The predicted octanol–water partition coefficient (Wildman–Crippen LogP) is 3.51. The molecule has 0 N–H and O–H groups in total. The van der Waals surface area contributed by atoms with Crippen molar-refractivity contribution in [1.82, 2.24) is 0 Å². The number of fused-ring (bicyclic) bond motifs is 1. The summed E-state index contributed by atoms with van der Waals surface area (Å²) in [7, 11) is -3.24. The monoisotopic (exact) mass is 373 g/mol. The van der Waals surface area contributed by atoms with Gasteiger partial charge in [0.25, 0.3) is 0 Å². The molecule has 1 fully saturated rings. The summed E-state index contributed by atoms with van der Waals surface area (Å²) in [6.07, 6.45) is 4.36. The number of rotatable bonds is 4. The number of carbonyl (C=O) groups is 1. The summed E-state index contributed by atoms with van der Waals surface area (Å²) in [5.74, 6) is -0.814. The van der Waals surface area contributed by atoms with E-state index in [1.54, 1.807) is 0 Å². The molecular weight excluding hydrogens is 353 g/mol. The molecule has 4 nitrogen and oxygen atoms in total. The Kier molecular flexibility index (Phi) is 5.16. The van der Waals surface area contributed by atoms with Gasteiger partial charge in [-0.3, -0.25) is 4.79 Å². The van der Waals surface area contributed by atoms with E-state index in [1.807, 2.05) is 0 Å². The zero-order valence-corrected chi connectivity index (χ0v) is 15.0. The Hall–Kier alpha value is -1.14. The van der Waals surface area contributed by atoms with Gasteiger partial charge < -0.3 is 4.90 Å². The third kappa shape index (κ3) is 3.45. The largest absolute Gasteiger partial charge is 0.311 e. The smallest absolute Gasteiger partial charge is 0.228 e. The summed E-state index contributed by atoms with van der Waals surface area (Å²) in [5, 5.41) is 0.0260. The number of sulfone groups is 1. The van der Waals surface area contributed by atoms with Crippen LogP contribution in [0.15, 0.2) is 12.1 Å². The molecule has 1 amide bonds. The fraction of sp³-hybridized carbons (Fsp3) is 0.588. The highest BCUT2D eigenvalue weighted by Crippen LogP contribution is 2.36. The van der Waals surface area contributed by atoms with Gasteiger partial charge in [0.15, 0.2) is 9.84 Å². The molecule has 0 saturated heterocycles. The second kappa shape index (κ2) is 7.00. The van der Waals surface area contributed by atoms with E-state index in [4.69, 9.17) is 11.6 Å². The third-order valence-corrected chi connectivity index (χ3v) is 7.53. The SMILES string of the molecule is O=C(CCS(=O)(=O)C1CCCC1)N1CCCc2c(F)ccc(Cl)c21. The molecule has 1 aliphatic heterocycles. The van der Waals surface area contributed by atoms with E-state index in [-0.39, 0.29) is 29.1 Å². The molecular formula is C17H21ClFNO3S. The molecule has 0 bridgehead atoms. The van der Waals surface area contributed by atoms with E-state index in [2.05, 4.69) is 0 Å². The van der Waals surface area contributed by atoms with Crippen LogP contribution < -0.4 is 4.90 Å².